The van der Waals surface area contributed by atoms with Gasteiger partial charge in [0.1, 0.15) is 6.29 Å². The third kappa shape index (κ3) is 7.70. The van der Waals surface area contributed by atoms with Crippen molar-refractivity contribution in [3.8, 4) is 0 Å². The predicted molar refractivity (Wildman–Crippen MR) is 39.5 cm³/mol. The minimum atomic E-state index is 0.640. The van der Waals surface area contributed by atoms with Gasteiger partial charge in [0.05, 0.1) is 0 Å². The molecule has 0 aliphatic carbocycles. The number of halogens is 1. The molecule has 0 amide bonds. The molecular formula is C7H11ClO. The molecule has 0 heterocycles. The van der Waals surface area contributed by atoms with Gasteiger partial charge in [-0.2, -0.15) is 0 Å². The van der Waals surface area contributed by atoms with Crippen molar-refractivity contribution in [3.63, 3.8) is 0 Å². The van der Waals surface area contributed by atoms with Crippen molar-refractivity contribution < 1.29 is 4.79 Å². The SMILES string of the molecule is C/C(Cl)=C\CCCC=O. The summed E-state index contributed by atoms with van der Waals surface area (Å²) in [6.07, 6.45) is 5.31. The zero-order valence-corrected chi connectivity index (χ0v) is 6.32. The molecule has 2 heteroatoms. The molecule has 52 valence electrons. The number of aldehydes is 1. The average Bonchev–Trinajstić information content (AvgIpc) is 1.80. The quantitative estimate of drug-likeness (QED) is 0.440. The van der Waals surface area contributed by atoms with Crippen LogP contribution in [0.15, 0.2) is 11.1 Å². The summed E-state index contributed by atoms with van der Waals surface area (Å²) in [7, 11) is 0. The number of hydrogen-bond acceptors (Lipinski definition) is 1. The second-order valence-corrected chi connectivity index (χ2v) is 2.48. The molecule has 0 aliphatic heterocycles. The summed E-state index contributed by atoms with van der Waals surface area (Å²) >= 11 is 5.53. The van der Waals surface area contributed by atoms with E-state index in [1.165, 1.54) is 0 Å². The average molecular weight is 147 g/mol. The molecule has 0 bridgehead atoms. The zero-order chi connectivity index (χ0) is 7.11. The number of unbranched alkanes of at least 4 members (excludes halogenated alkanes) is 2. The topological polar surface area (TPSA) is 17.1 Å². The van der Waals surface area contributed by atoms with Crippen molar-refractivity contribution in [2.24, 2.45) is 0 Å². The van der Waals surface area contributed by atoms with E-state index in [-0.39, 0.29) is 0 Å². The van der Waals surface area contributed by atoms with Crippen LogP contribution in [0.1, 0.15) is 26.2 Å². The molecule has 0 saturated carbocycles. The Morgan fingerprint density at radius 3 is 2.67 bits per heavy atom. The van der Waals surface area contributed by atoms with Gasteiger partial charge in [0.15, 0.2) is 0 Å². The first-order valence-electron chi connectivity index (χ1n) is 3.03. The maximum Gasteiger partial charge on any atom is 0.120 e. The summed E-state index contributed by atoms with van der Waals surface area (Å²) in [5, 5.41) is 0.806. The van der Waals surface area contributed by atoms with Crippen molar-refractivity contribution in [2.45, 2.75) is 26.2 Å². The maximum absolute atomic E-state index is 9.80. The molecule has 0 aromatic rings. The van der Waals surface area contributed by atoms with Gasteiger partial charge >= 0.3 is 0 Å². The van der Waals surface area contributed by atoms with E-state index >= 15 is 0 Å². The van der Waals surface area contributed by atoms with E-state index in [4.69, 9.17) is 11.6 Å². The molecular weight excluding hydrogens is 136 g/mol. The van der Waals surface area contributed by atoms with E-state index in [9.17, 15) is 4.79 Å². The molecule has 0 rings (SSSR count). The molecule has 0 unspecified atom stereocenters. The lowest BCUT2D eigenvalue weighted by Gasteiger charge is -1.87. The van der Waals surface area contributed by atoms with E-state index in [0.717, 1.165) is 24.2 Å². The fourth-order valence-corrected chi connectivity index (χ4v) is 0.611. The largest absolute Gasteiger partial charge is 0.303 e. The van der Waals surface area contributed by atoms with Crippen molar-refractivity contribution >= 4 is 17.9 Å². The lowest BCUT2D eigenvalue weighted by atomic mass is 10.2. The molecule has 0 atom stereocenters. The Hall–Kier alpha value is -0.300. The lowest BCUT2D eigenvalue weighted by Crippen LogP contribution is -1.73. The molecule has 0 spiro atoms. The van der Waals surface area contributed by atoms with Crippen LogP contribution in [0.3, 0.4) is 0 Å². The van der Waals surface area contributed by atoms with Crippen LogP contribution in [0, 0.1) is 0 Å². The summed E-state index contributed by atoms with van der Waals surface area (Å²) < 4.78 is 0. The monoisotopic (exact) mass is 146 g/mol. The second kappa shape index (κ2) is 5.83. The first kappa shape index (κ1) is 8.70. The first-order chi connectivity index (χ1) is 4.27. The van der Waals surface area contributed by atoms with Crippen LogP contribution in [0.4, 0.5) is 0 Å². The number of rotatable bonds is 4. The molecule has 0 saturated heterocycles. The highest BCUT2D eigenvalue weighted by atomic mass is 35.5. The van der Waals surface area contributed by atoms with Gasteiger partial charge in [-0.3, -0.25) is 0 Å². The van der Waals surface area contributed by atoms with E-state index in [0.29, 0.717) is 6.42 Å². The summed E-state index contributed by atoms with van der Waals surface area (Å²) in [6.45, 7) is 1.84. The number of hydrogen-bond donors (Lipinski definition) is 0. The molecule has 0 aromatic carbocycles. The Labute approximate surface area is 60.7 Å². The Bertz CT molecular complexity index is 103. The Kier molecular flexibility index (Phi) is 5.64. The Balaban J connectivity index is 3.09. The highest BCUT2D eigenvalue weighted by Crippen LogP contribution is 2.02. The Morgan fingerprint density at radius 1 is 1.56 bits per heavy atom. The third-order valence-corrected chi connectivity index (χ3v) is 1.11. The highest BCUT2D eigenvalue weighted by Gasteiger charge is 1.82. The van der Waals surface area contributed by atoms with Crippen LogP contribution in [0.2, 0.25) is 0 Å². The summed E-state index contributed by atoms with van der Waals surface area (Å²) in [5.74, 6) is 0. The van der Waals surface area contributed by atoms with Gasteiger partial charge in [0, 0.05) is 11.5 Å². The summed E-state index contributed by atoms with van der Waals surface area (Å²) in [4.78, 5) is 9.80. The standard InChI is InChI=1S/C7H11ClO/c1-7(8)5-3-2-4-6-9/h5-6H,2-4H2,1H3/b7-5+. The predicted octanol–water partition coefficient (Wildman–Crippen LogP) is 2.50. The lowest BCUT2D eigenvalue weighted by molar-refractivity contribution is -0.107. The molecule has 0 radical (unpaired) electrons. The normalized spacial score (nSPS) is 11.6. The number of allylic oxidation sites excluding steroid dienone is 2. The van der Waals surface area contributed by atoms with Gasteiger partial charge in [0.25, 0.3) is 0 Å². The summed E-state index contributed by atoms with van der Waals surface area (Å²) in [5.41, 5.74) is 0. The van der Waals surface area contributed by atoms with Crippen LogP contribution < -0.4 is 0 Å². The molecule has 0 aliphatic rings. The number of carbonyl (C=O) groups excluding carboxylic acids is 1. The van der Waals surface area contributed by atoms with E-state index in [1.54, 1.807) is 0 Å². The third-order valence-electron chi connectivity index (χ3n) is 0.952. The van der Waals surface area contributed by atoms with Crippen molar-refractivity contribution in [1.29, 1.82) is 0 Å². The molecule has 1 nitrogen and oxygen atoms in total. The van der Waals surface area contributed by atoms with Gasteiger partial charge in [-0.25, -0.2) is 0 Å². The number of carbonyl (C=O) groups is 1. The van der Waals surface area contributed by atoms with E-state index < -0.39 is 0 Å². The van der Waals surface area contributed by atoms with Gasteiger partial charge in [-0.05, 0) is 19.8 Å². The van der Waals surface area contributed by atoms with Crippen molar-refractivity contribution in [2.75, 3.05) is 0 Å². The molecule has 9 heavy (non-hydrogen) atoms. The van der Waals surface area contributed by atoms with Crippen molar-refractivity contribution in [3.05, 3.63) is 11.1 Å². The van der Waals surface area contributed by atoms with Gasteiger partial charge in [0.2, 0.25) is 0 Å². The van der Waals surface area contributed by atoms with Gasteiger partial charge in [-0.1, -0.05) is 17.7 Å². The fourth-order valence-electron chi connectivity index (χ4n) is 0.502. The van der Waals surface area contributed by atoms with Crippen molar-refractivity contribution in [1.82, 2.24) is 0 Å². The minimum Gasteiger partial charge on any atom is -0.303 e. The van der Waals surface area contributed by atoms with Crippen LogP contribution in [0.25, 0.3) is 0 Å². The maximum atomic E-state index is 9.80. The first-order valence-corrected chi connectivity index (χ1v) is 3.41. The van der Waals surface area contributed by atoms with E-state index in [1.807, 2.05) is 13.0 Å². The highest BCUT2D eigenvalue weighted by molar-refractivity contribution is 6.29. The Morgan fingerprint density at radius 2 is 2.22 bits per heavy atom. The van der Waals surface area contributed by atoms with Gasteiger partial charge < -0.3 is 4.79 Å². The minimum absolute atomic E-state index is 0.640. The van der Waals surface area contributed by atoms with Crippen LogP contribution >= 0.6 is 11.6 Å². The zero-order valence-electron chi connectivity index (χ0n) is 5.56. The van der Waals surface area contributed by atoms with Gasteiger partial charge in [-0.15, -0.1) is 0 Å². The smallest absolute Gasteiger partial charge is 0.120 e. The van der Waals surface area contributed by atoms with E-state index in [2.05, 4.69) is 0 Å². The molecule has 0 fully saturated rings. The summed E-state index contributed by atoms with van der Waals surface area (Å²) in [6, 6.07) is 0. The van der Waals surface area contributed by atoms with Crippen LogP contribution in [-0.2, 0) is 4.79 Å². The van der Waals surface area contributed by atoms with Crippen LogP contribution in [0.5, 0.6) is 0 Å². The second-order valence-electron chi connectivity index (χ2n) is 1.89. The molecule has 0 aromatic heterocycles. The van der Waals surface area contributed by atoms with Crippen LogP contribution in [-0.4, -0.2) is 6.29 Å². The fraction of sp³-hybridized carbons (Fsp3) is 0.571. The molecule has 0 N–H and O–H groups in total.